The first-order valence-electron chi connectivity index (χ1n) is 8.65. The van der Waals surface area contributed by atoms with Crippen molar-refractivity contribution in [3.05, 3.63) is 23.8 Å². The Kier molecular flexibility index (Phi) is 6.85. The van der Waals surface area contributed by atoms with E-state index in [-0.39, 0.29) is 35.2 Å². The molecule has 2 unspecified atom stereocenters. The van der Waals surface area contributed by atoms with E-state index >= 15 is 0 Å². The van der Waals surface area contributed by atoms with Crippen molar-refractivity contribution in [1.82, 2.24) is 4.72 Å². The van der Waals surface area contributed by atoms with E-state index in [0.717, 1.165) is 37.7 Å². The predicted molar refractivity (Wildman–Crippen MR) is 100 cm³/mol. The summed E-state index contributed by atoms with van der Waals surface area (Å²) in [7, 11) is -3.58. The highest BCUT2D eigenvalue weighted by atomic mass is 35.5. The Bertz CT molecular complexity index is 724. The summed E-state index contributed by atoms with van der Waals surface area (Å²) < 4.78 is 28.4. The molecule has 8 heteroatoms. The standard InChI is InChI=1S/C17H25N3O3S.ClH/c18-11-13-4-1-2-6-16(13)20-24(22,23)14-8-9-15-12(10-14)5-3-7-17(21)19-15;/h8-10,13,16,20H,1-7,11,18H2,(H,19,21);1H. The maximum atomic E-state index is 12.8. The lowest BCUT2D eigenvalue weighted by atomic mass is 9.85. The fraction of sp³-hybridized carbons (Fsp3) is 0.588. The molecule has 0 bridgehead atoms. The van der Waals surface area contributed by atoms with E-state index in [1.807, 2.05) is 0 Å². The van der Waals surface area contributed by atoms with E-state index in [2.05, 4.69) is 10.0 Å². The van der Waals surface area contributed by atoms with Crippen LogP contribution in [0.4, 0.5) is 5.69 Å². The number of carbonyl (C=O) groups excluding carboxylic acids is 1. The molecular formula is C17H26ClN3O3S. The van der Waals surface area contributed by atoms with Gasteiger partial charge in [0.2, 0.25) is 15.9 Å². The topological polar surface area (TPSA) is 101 Å². The van der Waals surface area contributed by atoms with Gasteiger partial charge in [0, 0.05) is 18.2 Å². The molecule has 25 heavy (non-hydrogen) atoms. The monoisotopic (exact) mass is 387 g/mol. The number of benzene rings is 1. The molecule has 1 amide bonds. The van der Waals surface area contributed by atoms with E-state index in [0.29, 0.717) is 25.1 Å². The number of hydrogen-bond donors (Lipinski definition) is 3. The van der Waals surface area contributed by atoms with Crippen molar-refractivity contribution in [2.45, 2.75) is 55.9 Å². The van der Waals surface area contributed by atoms with E-state index in [1.165, 1.54) is 0 Å². The fourth-order valence-corrected chi connectivity index (χ4v) is 5.02. The molecule has 2 aliphatic rings. The van der Waals surface area contributed by atoms with Crippen LogP contribution in [0.2, 0.25) is 0 Å². The highest BCUT2D eigenvalue weighted by molar-refractivity contribution is 7.89. The average Bonchev–Trinajstić information content (AvgIpc) is 2.74. The third-order valence-corrected chi connectivity index (χ3v) is 6.52. The van der Waals surface area contributed by atoms with Crippen LogP contribution in [0, 0.1) is 5.92 Å². The molecule has 2 atom stereocenters. The van der Waals surface area contributed by atoms with Gasteiger partial charge in [-0.05, 0) is 61.9 Å². The second-order valence-corrected chi connectivity index (χ2v) is 8.44. The minimum absolute atomic E-state index is 0. The Morgan fingerprint density at radius 3 is 2.68 bits per heavy atom. The first kappa shape index (κ1) is 20.2. The molecule has 1 aliphatic heterocycles. The number of fused-ring (bicyclic) bond motifs is 1. The number of halogens is 1. The van der Waals surface area contributed by atoms with Crippen molar-refractivity contribution < 1.29 is 13.2 Å². The number of nitrogens with two attached hydrogens (primary N) is 1. The summed E-state index contributed by atoms with van der Waals surface area (Å²) in [6.07, 6.45) is 5.84. The number of sulfonamides is 1. The zero-order valence-electron chi connectivity index (χ0n) is 14.2. The molecule has 0 spiro atoms. The highest BCUT2D eigenvalue weighted by Crippen LogP contribution is 2.28. The molecule has 1 saturated carbocycles. The van der Waals surface area contributed by atoms with Crippen molar-refractivity contribution in [3.63, 3.8) is 0 Å². The maximum absolute atomic E-state index is 12.8. The highest BCUT2D eigenvalue weighted by Gasteiger charge is 2.29. The molecule has 1 aromatic carbocycles. The summed E-state index contributed by atoms with van der Waals surface area (Å²) in [5.41, 5.74) is 7.39. The Balaban J connectivity index is 0.00000225. The van der Waals surface area contributed by atoms with Crippen molar-refractivity contribution >= 4 is 34.0 Å². The molecule has 1 aromatic rings. The Labute approximate surface area is 155 Å². The van der Waals surface area contributed by atoms with Gasteiger partial charge in [-0.3, -0.25) is 4.79 Å². The van der Waals surface area contributed by atoms with E-state index < -0.39 is 10.0 Å². The molecule has 0 radical (unpaired) electrons. The predicted octanol–water partition coefficient (Wildman–Crippen LogP) is 2.18. The van der Waals surface area contributed by atoms with Gasteiger partial charge in [0.15, 0.2) is 0 Å². The van der Waals surface area contributed by atoms with Gasteiger partial charge >= 0.3 is 0 Å². The van der Waals surface area contributed by atoms with Gasteiger partial charge in [-0.1, -0.05) is 12.8 Å². The smallest absolute Gasteiger partial charge is 0.240 e. The second kappa shape index (κ2) is 8.49. The number of aryl methyl sites for hydroxylation is 1. The molecule has 140 valence electrons. The molecule has 4 N–H and O–H groups in total. The summed E-state index contributed by atoms with van der Waals surface area (Å²) in [5, 5.41) is 2.83. The van der Waals surface area contributed by atoms with Crippen LogP contribution in [-0.2, 0) is 21.2 Å². The number of rotatable bonds is 4. The van der Waals surface area contributed by atoms with Crippen LogP contribution in [0.5, 0.6) is 0 Å². The van der Waals surface area contributed by atoms with Crippen molar-refractivity contribution in [2.24, 2.45) is 11.7 Å². The quantitative estimate of drug-likeness (QED) is 0.736. The zero-order chi connectivity index (χ0) is 17.2. The van der Waals surface area contributed by atoms with Gasteiger partial charge in [-0.2, -0.15) is 0 Å². The van der Waals surface area contributed by atoms with Crippen molar-refractivity contribution in [3.8, 4) is 0 Å². The van der Waals surface area contributed by atoms with E-state index in [1.54, 1.807) is 18.2 Å². The van der Waals surface area contributed by atoms with Gasteiger partial charge in [-0.25, -0.2) is 13.1 Å². The molecule has 6 nitrogen and oxygen atoms in total. The largest absolute Gasteiger partial charge is 0.330 e. The third-order valence-electron chi connectivity index (χ3n) is 5.03. The SMILES string of the molecule is Cl.NCC1CCCCC1NS(=O)(=O)c1ccc2c(c1)CCCC(=O)N2. The van der Waals surface area contributed by atoms with Crippen LogP contribution < -0.4 is 15.8 Å². The van der Waals surface area contributed by atoms with Crippen LogP contribution in [0.3, 0.4) is 0 Å². The summed E-state index contributed by atoms with van der Waals surface area (Å²) in [6.45, 7) is 0.503. The van der Waals surface area contributed by atoms with Crippen LogP contribution in [-0.4, -0.2) is 26.9 Å². The minimum Gasteiger partial charge on any atom is -0.330 e. The first-order valence-corrected chi connectivity index (χ1v) is 10.1. The van der Waals surface area contributed by atoms with Crippen LogP contribution in [0.1, 0.15) is 44.1 Å². The van der Waals surface area contributed by atoms with Crippen LogP contribution in [0.25, 0.3) is 0 Å². The zero-order valence-corrected chi connectivity index (χ0v) is 15.8. The molecular weight excluding hydrogens is 362 g/mol. The van der Waals surface area contributed by atoms with Gasteiger partial charge in [-0.15, -0.1) is 12.4 Å². The van der Waals surface area contributed by atoms with Crippen molar-refractivity contribution in [1.29, 1.82) is 0 Å². The van der Waals surface area contributed by atoms with Gasteiger partial charge in [0.1, 0.15) is 0 Å². The van der Waals surface area contributed by atoms with Crippen LogP contribution >= 0.6 is 12.4 Å². The molecule has 0 saturated heterocycles. The lowest BCUT2D eigenvalue weighted by molar-refractivity contribution is -0.116. The number of amides is 1. The Hall–Kier alpha value is -1.15. The maximum Gasteiger partial charge on any atom is 0.240 e. The van der Waals surface area contributed by atoms with Crippen LogP contribution in [0.15, 0.2) is 23.1 Å². The lowest BCUT2D eigenvalue weighted by Crippen LogP contribution is -2.44. The summed E-state index contributed by atoms with van der Waals surface area (Å²) in [6, 6.07) is 4.85. The summed E-state index contributed by atoms with van der Waals surface area (Å²) in [4.78, 5) is 11.9. The summed E-state index contributed by atoms with van der Waals surface area (Å²) in [5.74, 6) is 0.184. The van der Waals surface area contributed by atoms with Gasteiger partial charge in [0.25, 0.3) is 0 Å². The summed E-state index contributed by atoms with van der Waals surface area (Å²) >= 11 is 0. The lowest BCUT2D eigenvalue weighted by Gasteiger charge is -2.31. The normalized spacial score (nSPS) is 23.8. The molecule has 1 fully saturated rings. The van der Waals surface area contributed by atoms with Gasteiger partial charge in [0.05, 0.1) is 4.90 Å². The molecule has 1 heterocycles. The average molecular weight is 388 g/mol. The minimum atomic E-state index is -3.58. The van der Waals surface area contributed by atoms with E-state index in [4.69, 9.17) is 5.73 Å². The molecule has 0 aromatic heterocycles. The second-order valence-electron chi connectivity index (χ2n) is 6.73. The van der Waals surface area contributed by atoms with Crippen molar-refractivity contribution in [2.75, 3.05) is 11.9 Å². The number of nitrogens with one attached hydrogen (secondary N) is 2. The Morgan fingerprint density at radius 2 is 1.92 bits per heavy atom. The van der Waals surface area contributed by atoms with Gasteiger partial charge < -0.3 is 11.1 Å². The molecule has 1 aliphatic carbocycles. The van der Waals surface area contributed by atoms with E-state index in [9.17, 15) is 13.2 Å². The number of anilines is 1. The first-order chi connectivity index (χ1) is 11.5. The third kappa shape index (κ3) is 4.73. The molecule has 3 rings (SSSR count). The fourth-order valence-electron chi connectivity index (χ4n) is 3.63. The number of carbonyl (C=O) groups is 1. The number of hydrogen-bond acceptors (Lipinski definition) is 4. The Morgan fingerprint density at radius 1 is 1.16 bits per heavy atom.